The first kappa shape index (κ1) is 14.3. The van der Waals surface area contributed by atoms with Gasteiger partial charge in [0.1, 0.15) is 5.75 Å². The van der Waals surface area contributed by atoms with Crippen LogP contribution in [0.4, 0.5) is 4.79 Å². The summed E-state index contributed by atoms with van der Waals surface area (Å²) in [6.45, 7) is 0.328. The number of carbonyl (C=O) groups is 1. The van der Waals surface area contributed by atoms with E-state index in [1.807, 2.05) is 0 Å². The molecular weight excluding hydrogens is 334 g/mol. The molecule has 104 valence electrons. The summed E-state index contributed by atoms with van der Waals surface area (Å²) >= 11 is 3.28. The highest BCUT2D eigenvalue weighted by atomic mass is 79.9. The minimum atomic E-state index is -2.90. The summed E-state index contributed by atoms with van der Waals surface area (Å²) in [5.74, 6) is 0.786. The van der Waals surface area contributed by atoms with Gasteiger partial charge in [-0.15, -0.1) is 0 Å². The van der Waals surface area contributed by atoms with Crippen LogP contribution in [0, 0.1) is 5.92 Å². The van der Waals surface area contributed by atoms with Crippen molar-refractivity contribution in [2.24, 2.45) is 5.92 Å². The average molecular weight is 348 g/mol. The number of rotatable bonds is 3. The molecule has 1 heterocycles. The molecule has 0 radical (unpaired) electrons. The first-order chi connectivity index (χ1) is 8.94. The Balaban J connectivity index is 1.78. The molecule has 1 N–H and O–H groups in total. The summed E-state index contributed by atoms with van der Waals surface area (Å²) in [6.07, 6.45) is 0.0348. The SMILES string of the molecule is O=C(NCC1CCS(=O)(=O)C1)Oc1ccc(Br)cc1. The number of ether oxygens (including phenoxy) is 1. The first-order valence-corrected chi connectivity index (χ1v) is 8.48. The lowest BCUT2D eigenvalue weighted by atomic mass is 10.1. The van der Waals surface area contributed by atoms with E-state index in [2.05, 4.69) is 21.2 Å². The maximum Gasteiger partial charge on any atom is 0.412 e. The monoisotopic (exact) mass is 347 g/mol. The van der Waals surface area contributed by atoms with E-state index in [-0.39, 0.29) is 17.4 Å². The lowest BCUT2D eigenvalue weighted by molar-refractivity contribution is 0.199. The maximum atomic E-state index is 11.5. The Morgan fingerprint density at radius 1 is 1.37 bits per heavy atom. The van der Waals surface area contributed by atoms with Crippen LogP contribution in [0.25, 0.3) is 0 Å². The second kappa shape index (κ2) is 5.92. The van der Waals surface area contributed by atoms with Crippen LogP contribution < -0.4 is 10.1 Å². The van der Waals surface area contributed by atoms with Crippen LogP contribution in [0.1, 0.15) is 6.42 Å². The molecule has 0 aliphatic carbocycles. The molecule has 1 unspecified atom stereocenters. The molecule has 1 fully saturated rings. The molecule has 19 heavy (non-hydrogen) atoms. The van der Waals surface area contributed by atoms with Crippen molar-refractivity contribution in [2.75, 3.05) is 18.1 Å². The summed E-state index contributed by atoms with van der Waals surface area (Å²) in [7, 11) is -2.90. The fraction of sp³-hybridized carbons (Fsp3) is 0.417. The minimum absolute atomic E-state index is 0.0116. The van der Waals surface area contributed by atoms with E-state index in [1.54, 1.807) is 24.3 Å². The Morgan fingerprint density at radius 2 is 2.05 bits per heavy atom. The van der Waals surface area contributed by atoms with Crippen molar-refractivity contribution >= 4 is 31.9 Å². The summed E-state index contributed by atoms with van der Waals surface area (Å²) < 4.78 is 28.5. The Kier molecular flexibility index (Phi) is 4.46. The van der Waals surface area contributed by atoms with Crippen molar-refractivity contribution in [3.05, 3.63) is 28.7 Å². The van der Waals surface area contributed by atoms with Gasteiger partial charge in [0.15, 0.2) is 9.84 Å². The van der Waals surface area contributed by atoms with E-state index in [9.17, 15) is 13.2 Å². The molecule has 1 aromatic carbocycles. The summed E-state index contributed by atoms with van der Waals surface area (Å²) in [4.78, 5) is 11.5. The smallest absolute Gasteiger partial charge is 0.410 e. The lowest BCUT2D eigenvalue weighted by Crippen LogP contribution is -2.32. The van der Waals surface area contributed by atoms with Crippen LogP contribution in [0.15, 0.2) is 28.7 Å². The molecule has 1 aliphatic rings. The quantitative estimate of drug-likeness (QED) is 0.907. The van der Waals surface area contributed by atoms with Crippen molar-refractivity contribution < 1.29 is 17.9 Å². The van der Waals surface area contributed by atoms with Crippen LogP contribution in [0.2, 0.25) is 0 Å². The lowest BCUT2D eigenvalue weighted by Gasteiger charge is -2.10. The third-order valence-corrected chi connectivity index (χ3v) is 5.25. The number of hydrogen-bond acceptors (Lipinski definition) is 4. The highest BCUT2D eigenvalue weighted by Crippen LogP contribution is 2.18. The predicted octanol–water partition coefficient (Wildman–Crippen LogP) is 1.97. The molecule has 1 aromatic rings. The summed E-state index contributed by atoms with van der Waals surface area (Å²) in [6, 6.07) is 6.88. The normalized spacial score (nSPS) is 21.0. The molecule has 7 heteroatoms. The second-order valence-electron chi connectivity index (χ2n) is 4.49. The summed E-state index contributed by atoms with van der Waals surface area (Å²) in [5.41, 5.74) is 0. The first-order valence-electron chi connectivity index (χ1n) is 5.86. The number of sulfone groups is 1. The molecule has 0 saturated carbocycles. The zero-order chi connectivity index (χ0) is 13.9. The highest BCUT2D eigenvalue weighted by Gasteiger charge is 2.28. The van der Waals surface area contributed by atoms with Crippen molar-refractivity contribution in [2.45, 2.75) is 6.42 Å². The number of nitrogens with one attached hydrogen (secondary N) is 1. The molecule has 0 bridgehead atoms. The summed E-state index contributed by atoms with van der Waals surface area (Å²) in [5, 5.41) is 2.59. The highest BCUT2D eigenvalue weighted by molar-refractivity contribution is 9.10. The number of hydrogen-bond donors (Lipinski definition) is 1. The van der Waals surface area contributed by atoms with Gasteiger partial charge in [-0.25, -0.2) is 13.2 Å². The van der Waals surface area contributed by atoms with Gasteiger partial charge >= 0.3 is 6.09 Å². The number of benzene rings is 1. The van der Waals surface area contributed by atoms with Gasteiger partial charge in [-0.2, -0.15) is 0 Å². The molecule has 0 aromatic heterocycles. The van der Waals surface area contributed by atoms with E-state index in [1.165, 1.54) is 0 Å². The zero-order valence-corrected chi connectivity index (χ0v) is 12.5. The third-order valence-electron chi connectivity index (χ3n) is 2.89. The Morgan fingerprint density at radius 3 is 2.63 bits per heavy atom. The van der Waals surface area contributed by atoms with Crippen LogP contribution in [-0.4, -0.2) is 32.6 Å². The molecule has 5 nitrogen and oxygen atoms in total. The van der Waals surface area contributed by atoms with Crippen molar-refractivity contribution in [3.63, 3.8) is 0 Å². The van der Waals surface area contributed by atoms with E-state index in [0.717, 1.165) is 4.47 Å². The Bertz CT molecular complexity index is 556. The standard InChI is InChI=1S/C12H14BrNO4S/c13-10-1-3-11(4-2-10)18-12(15)14-7-9-5-6-19(16,17)8-9/h1-4,9H,5-8H2,(H,14,15). The molecule has 1 atom stereocenters. The van der Waals surface area contributed by atoms with Crippen LogP contribution in [0.3, 0.4) is 0 Å². The van der Waals surface area contributed by atoms with Gasteiger partial charge in [-0.1, -0.05) is 15.9 Å². The number of halogens is 1. The average Bonchev–Trinajstić information content (AvgIpc) is 2.69. The van der Waals surface area contributed by atoms with Crippen LogP contribution >= 0.6 is 15.9 Å². The van der Waals surface area contributed by atoms with Crippen LogP contribution in [-0.2, 0) is 9.84 Å². The molecule has 1 amide bonds. The molecule has 0 spiro atoms. The van der Waals surface area contributed by atoms with Gasteiger partial charge in [0.25, 0.3) is 0 Å². The topological polar surface area (TPSA) is 72.5 Å². The molecule has 2 rings (SSSR count). The van der Waals surface area contributed by atoms with Crippen molar-refractivity contribution in [1.29, 1.82) is 0 Å². The fourth-order valence-electron chi connectivity index (χ4n) is 1.91. The fourth-order valence-corrected chi connectivity index (χ4v) is 4.03. The number of carbonyl (C=O) groups excluding carboxylic acids is 1. The van der Waals surface area contributed by atoms with Gasteiger partial charge in [-0.05, 0) is 36.6 Å². The van der Waals surface area contributed by atoms with E-state index in [0.29, 0.717) is 18.7 Å². The van der Waals surface area contributed by atoms with Crippen LogP contribution in [0.5, 0.6) is 5.75 Å². The van der Waals surface area contributed by atoms with E-state index >= 15 is 0 Å². The van der Waals surface area contributed by atoms with Gasteiger partial charge in [0, 0.05) is 11.0 Å². The molecule has 1 aliphatic heterocycles. The predicted molar refractivity (Wildman–Crippen MR) is 74.9 cm³/mol. The molecule has 1 saturated heterocycles. The van der Waals surface area contributed by atoms with E-state index < -0.39 is 15.9 Å². The van der Waals surface area contributed by atoms with Crippen molar-refractivity contribution in [3.8, 4) is 5.75 Å². The minimum Gasteiger partial charge on any atom is -0.410 e. The third kappa shape index (κ3) is 4.50. The Hall–Kier alpha value is -1.08. The van der Waals surface area contributed by atoms with Gasteiger partial charge in [0.2, 0.25) is 0 Å². The van der Waals surface area contributed by atoms with E-state index in [4.69, 9.17) is 4.74 Å². The van der Waals surface area contributed by atoms with Crippen molar-refractivity contribution in [1.82, 2.24) is 5.32 Å². The maximum absolute atomic E-state index is 11.5. The largest absolute Gasteiger partial charge is 0.412 e. The molecular formula is C12H14BrNO4S. The second-order valence-corrected chi connectivity index (χ2v) is 7.64. The van der Waals surface area contributed by atoms with Gasteiger partial charge < -0.3 is 10.1 Å². The van der Waals surface area contributed by atoms with Gasteiger partial charge in [-0.3, -0.25) is 0 Å². The van der Waals surface area contributed by atoms with Gasteiger partial charge in [0.05, 0.1) is 11.5 Å². The zero-order valence-electron chi connectivity index (χ0n) is 10.1. The number of amides is 1. The Labute approximate surface area is 120 Å².